The van der Waals surface area contributed by atoms with Gasteiger partial charge in [0.2, 0.25) is 0 Å². The second kappa shape index (κ2) is 7.22. The average molecular weight is 400 g/mol. The number of hydrogen-bond donors (Lipinski definition) is 2. The molecule has 2 aromatic carbocycles. The van der Waals surface area contributed by atoms with Crippen LogP contribution in [0, 0.1) is 0 Å². The summed E-state index contributed by atoms with van der Waals surface area (Å²) in [6, 6.07) is 13.8. The van der Waals surface area contributed by atoms with Gasteiger partial charge in [0.05, 0.1) is 12.6 Å². The van der Waals surface area contributed by atoms with Gasteiger partial charge in [0, 0.05) is 14.5 Å². The third kappa shape index (κ3) is 3.61. The quantitative estimate of drug-likeness (QED) is 0.586. The topological polar surface area (TPSA) is 47.3 Å². The van der Waals surface area contributed by atoms with Crippen molar-refractivity contribution in [2.45, 2.75) is 13.0 Å². The number of nitrogens with two attached hydrogens (primary N) is 1. The first kappa shape index (κ1) is 15.5. The van der Waals surface area contributed by atoms with E-state index in [4.69, 9.17) is 10.6 Å². The summed E-state index contributed by atoms with van der Waals surface area (Å²) in [7, 11) is 0. The van der Waals surface area contributed by atoms with Crippen LogP contribution in [-0.4, -0.2) is 6.61 Å². The van der Waals surface area contributed by atoms with E-state index in [0.29, 0.717) is 6.61 Å². The zero-order valence-electron chi connectivity index (χ0n) is 11.1. The van der Waals surface area contributed by atoms with Gasteiger partial charge in [-0.1, -0.05) is 50.1 Å². The van der Waals surface area contributed by atoms with Crippen LogP contribution in [0.4, 0.5) is 0 Å². The lowest BCUT2D eigenvalue weighted by Gasteiger charge is -2.20. The van der Waals surface area contributed by atoms with E-state index < -0.39 is 0 Å². The summed E-state index contributed by atoms with van der Waals surface area (Å²) < 4.78 is 7.68. The number of hydrogen-bond acceptors (Lipinski definition) is 3. The first-order valence-corrected chi connectivity index (χ1v) is 7.88. The molecule has 0 saturated heterocycles. The third-order valence-corrected chi connectivity index (χ3v) is 3.83. The molecule has 0 aliphatic carbocycles. The highest BCUT2D eigenvalue weighted by molar-refractivity contribution is 9.11. The number of halogens is 2. The highest BCUT2D eigenvalue weighted by Gasteiger charge is 2.17. The van der Waals surface area contributed by atoms with Crippen molar-refractivity contribution in [3.05, 3.63) is 62.5 Å². The van der Waals surface area contributed by atoms with Gasteiger partial charge in [0.1, 0.15) is 5.75 Å². The van der Waals surface area contributed by atoms with E-state index in [1.165, 1.54) is 0 Å². The van der Waals surface area contributed by atoms with Crippen molar-refractivity contribution in [1.29, 1.82) is 0 Å². The molecule has 2 aromatic rings. The Labute approximate surface area is 135 Å². The van der Waals surface area contributed by atoms with Crippen molar-refractivity contribution < 1.29 is 4.74 Å². The zero-order chi connectivity index (χ0) is 14.5. The third-order valence-electron chi connectivity index (χ3n) is 2.91. The SMILES string of the molecule is CCOc1ccccc1C(NN)c1cc(Br)cc(Br)c1. The smallest absolute Gasteiger partial charge is 0.124 e. The van der Waals surface area contributed by atoms with Crippen LogP contribution in [0.5, 0.6) is 5.75 Å². The lowest BCUT2D eigenvalue weighted by molar-refractivity contribution is 0.333. The Bertz CT molecular complexity index is 570. The van der Waals surface area contributed by atoms with E-state index in [-0.39, 0.29) is 6.04 Å². The molecule has 2 rings (SSSR count). The van der Waals surface area contributed by atoms with Gasteiger partial charge in [-0.15, -0.1) is 0 Å². The van der Waals surface area contributed by atoms with Crippen molar-refractivity contribution >= 4 is 31.9 Å². The van der Waals surface area contributed by atoms with Gasteiger partial charge < -0.3 is 4.74 Å². The molecule has 0 saturated carbocycles. The molecule has 0 aromatic heterocycles. The molecule has 3 N–H and O–H groups in total. The fraction of sp³-hybridized carbons (Fsp3) is 0.200. The van der Waals surface area contributed by atoms with Gasteiger partial charge in [-0.25, -0.2) is 5.43 Å². The number of nitrogens with one attached hydrogen (secondary N) is 1. The Morgan fingerprint density at radius 2 is 1.80 bits per heavy atom. The van der Waals surface area contributed by atoms with Crippen LogP contribution >= 0.6 is 31.9 Å². The molecule has 0 aliphatic rings. The van der Waals surface area contributed by atoms with E-state index >= 15 is 0 Å². The van der Waals surface area contributed by atoms with Crippen LogP contribution in [0.15, 0.2) is 51.4 Å². The molecule has 0 bridgehead atoms. The molecule has 1 atom stereocenters. The Morgan fingerprint density at radius 3 is 2.40 bits per heavy atom. The Morgan fingerprint density at radius 1 is 1.15 bits per heavy atom. The van der Waals surface area contributed by atoms with Crippen LogP contribution in [-0.2, 0) is 0 Å². The lowest BCUT2D eigenvalue weighted by atomic mass is 9.98. The number of rotatable bonds is 5. The molecule has 0 fully saturated rings. The van der Waals surface area contributed by atoms with Crippen LogP contribution in [0.3, 0.4) is 0 Å². The number of ether oxygens (including phenoxy) is 1. The molecule has 0 radical (unpaired) electrons. The molecule has 5 heteroatoms. The monoisotopic (exact) mass is 398 g/mol. The van der Waals surface area contributed by atoms with Crippen LogP contribution in [0.2, 0.25) is 0 Å². The summed E-state index contributed by atoms with van der Waals surface area (Å²) >= 11 is 7.00. The normalized spacial score (nSPS) is 12.2. The van der Waals surface area contributed by atoms with Gasteiger partial charge in [-0.2, -0.15) is 0 Å². The highest BCUT2D eigenvalue weighted by atomic mass is 79.9. The van der Waals surface area contributed by atoms with E-state index in [0.717, 1.165) is 25.8 Å². The maximum absolute atomic E-state index is 5.77. The molecule has 106 valence electrons. The summed E-state index contributed by atoms with van der Waals surface area (Å²) in [5.41, 5.74) is 4.94. The minimum absolute atomic E-state index is 0.133. The Balaban J connectivity index is 2.46. The van der Waals surface area contributed by atoms with Crippen LogP contribution in [0.1, 0.15) is 24.1 Å². The van der Waals surface area contributed by atoms with Crippen molar-refractivity contribution in [2.75, 3.05) is 6.61 Å². The Kier molecular flexibility index (Phi) is 5.60. The second-order valence-corrected chi connectivity index (χ2v) is 6.10. The molecule has 3 nitrogen and oxygen atoms in total. The second-order valence-electron chi connectivity index (χ2n) is 4.27. The van der Waals surface area contributed by atoms with Gasteiger partial charge in [0.15, 0.2) is 0 Å². The van der Waals surface area contributed by atoms with Crippen molar-refractivity contribution in [3.63, 3.8) is 0 Å². The van der Waals surface area contributed by atoms with E-state index in [2.05, 4.69) is 37.3 Å². The number of hydrazine groups is 1. The minimum Gasteiger partial charge on any atom is -0.494 e. The fourth-order valence-electron chi connectivity index (χ4n) is 2.11. The van der Waals surface area contributed by atoms with Gasteiger partial charge >= 0.3 is 0 Å². The first-order valence-electron chi connectivity index (χ1n) is 6.29. The predicted octanol–water partition coefficient (Wildman–Crippen LogP) is 4.16. The maximum Gasteiger partial charge on any atom is 0.124 e. The summed E-state index contributed by atoms with van der Waals surface area (Å²) in [5.74, 6) is 6.61. The average Bonchev–Trinajstić information content (AvgIpc) is 2.41. The molecule has 1 unspecified atom stereocenters. The van der Waals surface area contributed by atoms with E-state index in [1.807, 2.05) is 49.4 Å². The van der Waals surface area contributed by atoms with E-state index in [9.17, 15) is 0 Å². The predicted molar refractivity (Wildman–Crippen MR) is 88.6 cm³/mol. The molecule has 0 heterocycles. The molecule has 0 aliphatic heterocycles. The van der Waals surface area contributed by atoms with Gasteiger partial charge in [-0.05, 0) is 36.8 Å². The molecule has 0 spiro atoms. The summed E-state index contributed by atoms with van der Waals surface area (Å²) in [6.45, 7) is 2.59. The number of para-hydroxylation sites is 1. The van der Waals surface area contributed by atoms with Gasteiger partial charge in [0.25, 0.3) is 0 Å². The van der Waals surface area contributed by atoms with Crippen LogP contribution in [0.25, 0.3) is 0 Å². The molecule has 20 heavy (non-hydrogen) atoms. The largest absolute Gasteiger partial charge is 0.494 e. The minimum atomic E-state index is -0.133. The van der Waals surface area contributed by atoms with Crippen molar-refractivity contribution in [2.24, 2.45) is 5.84 Å². The highest BCUT2D eigenvalue weighted by Crippen LogP contribution is 2.32. The first-order chi connectivity index (χ1) is 9.65. The number of benzene rings is 2. The molecule has 0 amide bonds. The van der Waals surface area contributed by atoms with Crippen molar-refractivity contribution in [3.8, 4) is 5.75 Å². The van der Waals surface area contributed by atoms with E-state index in [1.54, 1.807) is 0 Å². The summed E-state index contributed by atoms with van der Waals surface area (Å²) in [5, 5.41) is 0. The zero-order valence-corrected chi connectivity index (χ0v) is 14.2. The summed E-state index contributed by atoms with van der Waals surface area (Å²) in [4.78, 5) is 0. The standard InChI is InChI=1S/C15H16Br2N2O/c1-2-20-14-6-4-3-5-13(14)15(19-18)10-7-11(16)9-12(17)8-10/h3-9,15,19H,2,18H2,1H3. The van der Waals surface area contributed by atoms with Gasteiger partial charge in [-0.3, -0.25) is 5.84 Å². The molecular weight excluding hydrogens is 384 g/mol. The molecular formula is C15H16Br2N2O. The summed E-state index contributed by atoms with van der Waals surface area (Å²) in [6.07, 6.45) is 0. The lowest BCUT2D eigenvalue weighted by Crippen LogP contribution is -2.29. The fourth-order valence-corrected chi connectivity index (χ4v) is 3.44. The Hall–Kier alpha value is -0.880. The van der Waals surface area contributed by atoms with Crippen LogP contribution < -0.4 is 16.0 Å². The maximum atomic E-state index is 5.77. The van der Waals surface area contributed by atoms with Crippen molar-refractivity contribution in [1.82, 2.24) is 5.43 Å².